The van der Waals surface area contributed by atoms with E-state index in [-0.39, 0.29) is 0 Å². The summed E-state index contributed by atoms with van der Waals surface area (Å²) in [6.07, 6.45) is 6.47. The second-order valence-corrected chi connectivity index (χ2v) is 3.88. The topological polar surface area (TPSA) is 47.3 Å². The molecule has 0 spiro atoms. The molecular formula is C10H22N2O. The molecule has 0 aliphatic heterocycles. The molecule has 0 saturated heterocycles. The molecule has 1 atom stereocenters. The molecule has 1 aliphatic rings. The molecule has 3 N–H and O–H groups in total. The van der Waals surface area contributed by atoms with E-state index in [0.717, 1.165) is 25.6 Å². The zero-order valence-corrected chi connectivity index (χ0v) is 8.59. The number of rotatable bonds is 7. The van der Waals surface area contributed by atoms with Crippen molar-refractivity contribution in [1.82, 2.24) is 5.43 Å². The largest absolute Gasteiger partial charge is 0.382 e. The zero-order valence-electron chi connectivity index (χ0n) is 8.59. The van der Waals surface area contributed by atoms with Crippen LogP contribution in [0.2, 0.25) is 0 Å². The van der Waals surface area contributed by atoms with Crippen LogP contribution in [0, 0.1) is 5.92 Å². The first-order valence-electron chi connectivity index (χ1n) is 5.40. The van der Waals surface area contributed by atoms with Crippen LogP contribution in [0.4, 0.5) is 0 Å². The molecule has 0 heterocycles. The first-order valence-corrected chi connectivity index (χ1v) is 5.40. The summed E-state index contributed by atoms with van der Waals surface area (Å²) in [7, 11) is 0. The van der Waals surface area contributed by atoms with Crippen LogP contribution in [-0.4, -0.2) is 19.3 Å². The summed E-state index contributed by atoms with van der Waals surface area (Å²) in [4.78, 5) is 0. The van der Waals surface area contributed by atoms with E-state index in [9.17, 15) is 0 Å². The van der Waals surface area contributed by atoms with E-state index in [4.69, 9.17) is 10.6 Å². The fourth-order valence-electron chi connectivity index (χ4n) is 1.77. The number of nitrogens with one attached hydrogen (secondary N) is 1. The van der Waals surface area contributed by atoms with Crippen LogP contribution in [0.1, 0.15) is 39.0 Å². The Labute approximate surface area is 81.0 Å². The van der Waals surface area contributed by atoms with Crippen molar-refractivity contribution in [1.29, 1.82) is 0 Å². The number of hydrogen-bond donors (Lipinski definition) is 2. The average molecular weight is 186 g/mol. The van der Waals surface area contributed by atoms with Gasteiger partial charge in [-0.1, -0.05) is 19.3 Å². The molecule has 3 heteroatoms. The van der Waals surface area contributed by atoms with Crippen molar-refractivity contribution in [3.8, 4) is 0 Å². The molecule has 3 nitrogen and oxygen atoms in total. The third kappa shape index (κ3) is 4.07. The summed E-state index contributed by atoms with van der Waals surface area (Å²) in [6.45, 7) is 3.66. The van der Waals surface area contributed by atoms with Gasteiger partial charge in [0.15, 0.2) is 0 Å². The normalized spacial score (nSPS) is 19.8. The minimum atomic E-state index is 0.455. The maximum absolute atomic E-state index is 5.48. The van der Waals surface area contributed by atoms with E-state index in [2.05, 4.69) is 5.43 Å². The Morgan fingerprint density at radius 3 is 2.77 bits per heavy atom. The Balaban J connectivity index is 2.03. The fourth-order valence-corrected chi connectivity index (χ4v) is 1.77. The van der Waals surface area contributed by atoms with Gasteiger partial charge in [0, 0.05) is 19.3 Å². The molecule has 1 rings (SSSR count). The predicted octanol–water partition coefficient (Wildman–Crippen LogP) is 1.44. The third-order valence-corrected chi connectivity index (χ3v) is 2.89. The maximum atomic E-state index is 5.48. The van der Waals surface area contributed by atoms with Crippen molar-refractivity contribution in [2.75, 3.05) is 13.2 Å². The van der Waals surface area contributed by atoms with E-state index in [1.807, 2.05) is 6.92 Å². The van der Waals surface area contributed by atoms with Crippen LogP contribution in [0.15, 0.2) is 0 Å². The number of hydrazine groups is 1. The van der Waals surface area contributed by atoms with Crippen LogP contribution in [0.3, 0.4) is 0 Å². The lowest BCUT2D eigenvalue weighted by molar-refractivity contribution is 0.129. The van der Waals surface area contributed by atoms with Crippen molar-refractivity contribution in [3.63, 3.8) is 0 Å². The molecule has 1 fully saturated rings. The predicted molar refractivity (Wildman–Crippen MR) is 54.2 cm³/mol. The molecule has 0 aromatic heterocycles. The third-order valence-electron chi connectivity index (χ3n) is 2.89. The van der Waals surface area contributed by atoms with E-state index in [1.54, 1.807) is 0 Å². The first-order chi connectivity index (χ1) is 6.36. The zero-order chi connectivity index (χ0) is 9.52. The van der Waals surface area contributed by atoms with Gasteiger partial charge in [0.05, 0.1) is 0 Å². The molecule has 0 radical (unpaired) electrons. The lowest BCUT2D eigenvalue weighted by Crippen LogP contribution is -2.38. The van der Waals surface area contributed by atoms with Crippen molar-refractivity contribution in [2.24, 2.45) is 11.8 Å². The van der Waals surface area contributed by atoms with E-state index >= 15 is 0 Å². The van der Waals surface area contributed by atoms with Crippen LogP contribution < -0.4 is 11.3 Å². The summed E-state index contributed by atoms with van der Waals surface area (Å²) < 4.78 is 5.30. The second kappa shape index (κ2) is 6.35. The molecule has 13 heavy (non-hydrogen) atoms. The Morgan fingerprint density at radius 2 is 2.31 bits per heavy atom. The Bertz CT molecular complexity index is 126. The van der Waals surface area contributed by atoms with Gasteiger partial charge in [0.1, 0.15) is 0 Å². The molecule has 1 saturated carbocycles. The molecule has 0 bridgehead atoms. The van der Waals surface area contributed by atoms with Crippen molar-refractivity contribution >= 4 is 0 Å². The highest BCUT2D eigenvalue weighted by Crippen LogP contribution is 2.30. The van der Waals surface area contributed by atoms with Crippen LogP contribution in [0.25, 0.3) is 0 Å². The van der Waals surface area contributed by atoms with Crippen LogP contribution in [-0.2, 0) is 4.74 Å². The molecule has 0 aromatic carbocycles. The van der Waals surface area contributed by atoms with E-state index in [1.165, 1.54) is 25.7 Å². The van der Waals surface area contributed by atoms with Gasteiger partial charge in [-0.05, 0) is 25.7 Å². The van der Waals surface area contributed by atoms with Crippen molar-refractivity contribution < 1.29 is 4.74 Å². The first kappa shape index (κ1) is 11.0. The van der Waals surface area contributed by atoms with Crippen molar-refractivity contribution in [3.05, 3.63) is 0 Å². The number of hydrogen-bond acceptors (Lipinski definition) is 3. The summed E-state index contributed by atoms with van der Waals surface area (Å²) >= 11 is 0. The van der Waals surface area contributed by atoms with Gasteiger partial charge >= 0.3 is 0 Å². The highest BCUT2D eigenvalue weighted by Gasteiger charge is 2.21. The standard InChI is InChI=1S/C10H22N2O/c1-2-13-7-6-10(12-11)8-9-4-3-5-9/h9-10,12H,2-8,11H2,1H3. The number of ether oxygens (including phenoxy) is 1. The maximum Gasteiger partial charge on any atom is 0.0481 e. The van der Waals surface area contributed by atoms with Gasteiger partial charge in [-0.3, -0.25) is 11.3 Å². The van der Waals surface area contributed by atoms with Crippen LogP contribution >= 0.6 is 0 Å². The Hall–Kier alpha value is -0.120. The minimum Gasteiger partial charge on any atom is -0.382 e. The van der Waals surface area contributed by atoms with Crippen LogP contribution in [0.5, 0.6) is 0 Å². The van der Waals surface area contributed by atoms with Gasteiger partial charge in [-0.15, -0.1) is 0 Å². The molecule has 78 valence electrons. The Morgan fingerprint density at radius 1 is 1.54 bits per heavy atom. The van der Waals surface area contributed by atoms with E-state index < -0.39 is 0 Å². The average Bonchev–Trinajstić information content (AvgIpc) is 2.08. The van der Waals surface area contributed by atoms with Crippen molar-refractivity contribution in [2.45, 2.75) is 45.1 Å². The monoisotopic (exact) mass is 186 g/mol. The minimum absolute atomic E-state index is 0.455. The smallest absolute Gasteiger partial charge is 0.0481 e. The summed E-state index contributed by atoms with van der Waals surface area (Å²) in [5, 5.41) is 0. The molecule has 0 amide bonds. The summed E-state index contributed by atoms with van der Waals surface area (Å²) in [6, 6.07) is 0.455. The Kier molecular flexibility index (Phi) is 5.35. The molecular weight excluding hydrogens is 164 g/mol. The lowest BCUT2D eigenvalue weighted by atomic mass is 9.80. The molecule has 0 aromatic rings. The van der Waals surface area contributed by atoms with Gasteiger partial charge in [0.2, 0.25) is 0 Å². The highest BCUT2D eigenvalue weighted by molar-refractivity contribution is 4.75. The molecule has 1 aliphatic carbocycles. The highest BCUT2D eigenvalue weighted by atomic mass is 16.5. The SMILES string of the molecule is CCOCCC(CC1CCC1)NN. The van der Waals surface area contributed by atoms with E-state index in [0.29, 0.717) is 6.04 Å². The second-order valence-electron chi connectivity index (χ2n) is 3.88. The summed E-state index contributed by atoms with van der Waals surface area (Å²) in [5.74, 6) is 6.40. The lowest BCUT2D eigenvalue weighted by Gasteiger charge is -2.29. The molecule has 1 unspecified atom stereocenters. The van der Waals surface area contributed by atoms with Gasteiger partial charge < -0.3 is 4.74 Å². The van der Waals surface area contributed by atoms with Gasteiger partial charge in [0.25, 0.3) is 0 Å². The quantitative estimate of drug-likeness (QED) is 0.359. The number of nitrogens with two attached hydrogens (primary N) is 1. The summed E-state index contributed by atoms with van der Waals surface area (Å²) in [5.41, 5.74) is 2.88. The van der Waals surface area contributed by atoms with Gasteiger partial charge in [-0.25, -0.2) is 0 Å². The van der Waals surface area contributed by atoms with Gasteiger partial charge in [-0.2, -0.15) is 0 Å². The fraction of sp³-hybridized carbons (Fsp3) is 1.00.